The first-order chi connectivity index (χ1) is 10.7. The predicted octanol–water partition coefficient (Wildman–Crippen LogP) is 2.71. The molecular formula is C17H21NO4. The topological polar surface area (TPSA) is 60.0 Å². The zero-order chi connectivity index (χ0) is 15.9. The van der Waals surface area contributed by atoms with Crippen molar-refractivity contribution in [2.45, 2.75) is 13.1 Å². The summed E-state index contributed by atoms with van der Waals surface area (Å²) in [4.78, 5) is 0. The van der Waals surface area contributed by atoms with E-state index in [1.807, 2.05) is 24.3 Å². The van der Waals surface area contributed by atoms with Crippen molar-refractivity contribution in [2.24, 2.45) is 0 Å². The zero-order valence-electron chi connectivity index (χ0n) is 13.1. The van der Waals surface area contributed by atoms with Crippen molar-refractivity contribution < 1.29 is 19.3 Å². The molecule has 0 aliphatic heterocycles. The second-order valence-electron chi connectivity index (χ2n) is 4.80. The fourth-order valence-corrected chi connectivity index (χ4v) is 2.14. The standard InChI is InChI=1S/C17H21NO4/c1-20-14-6-4-12(5-7-14)10-18-11-13-8-15(21-2)17(19)16(9-13)22-3/h4-9,18-19H,10-11H2,1-3H3. The lowest BCUT2D eigenvalue weighted by Gasteiger charge is -2.12. The van der Waals surface area contributed by atoms with E-state index in [0.29, 0.717) is 18.0 Å². The SMILES string of the molecule is COc1ccc(CNCc2cc(OC)c(O)c(OC)c2)cc1. The molecule has 0 heterocycles. The minimum Gasteiger partial charge on any atom is -0.502 e. The van der Waals surface area contributed by atoms with Crippen LogP contribution in [0, 0.1) is 0 Å². The molecule has 0 bridgehead atoms. The van der Waals surface area contributed by atoms with Crippen molar-refractivity contribution in [3.63, 3.8) is 0 Å². The number of hydrogen-bond acceptors (Lipinski definition) is 5. The Morgan fingerprint density at radius 1 is 0.818 bits per heavy atom. The largest absolute Gasteiger partial charge is 0.502 e. The summed E-state index contributed by atoms with van der Waals surface area (Å²) >= 11 is 0. The van der Waals surface area contributed by atoms with Gasteiger partial charge in [-0.05, 0) is 35.4 Å². The van der Waals surface area contributed by atoms with Crippen LogP contribution in [0.5, 0.6) is 23.0 Å². The fourth-order valence-electron chi connectivity index (χ4n) is 2.14. The predicted molar refractivity (Wildman–Crippen MR) is 84.7 cm³/mol. The molecule has 0 spiro atoms. The Morgan fingerprint density at radius 3 is 1.86 bits per heavy atom. The molecule has 0 aliphatic carbocycles. The smallest absolute Gasteiger partial charge is 0.200 e. The van der Waals surface area contributed by atoms with E-state index < -0.39 is 0 Å². The molecule has 0 amide bonds. The van der Waals surface area contributed by atoms with Gasteiger partial charge in [-0.3, -0.25) is 0 Å². The van der Waals surface area contributed by atoms with Crippen molar-refractivity contribution >= 4 is 0 Å². The van der Waals surface area contributed by atoms with Crippen LogP contribution in [0.4, 0.5) is 0 Å². The minimum absolute atomic E-state index is 0.0175. The number of methoxy groups -OCH3 is 3. The highest BCUT2D eigenvalue weighted by molar-refractivity contribution is 5.52. The number of phenols is 1. The summed E-state index contributed by atoms with van der Waals surface area (Å²) in [5, 5.41) is 13.2. The molecule has 5 nitrogen and oxygen atoms in total. The molecule has 0 fully saturated rings. The van der Waals surface area contributed by atoms with Crippen LogP contribution in [0.3, 0.4) is 0 Å². The molecule has 5 heteroatoms. The summed E-state index contributed by atoms with van der Waals surface area (Å²) in [5.41, 5.74) is 2.14. The Balaban J connectivity index is 1.98. The Hall–Kier alpha value is -2.40. The van der Waals surface area contributed by atoms with E-state index in [-0.39, 0.29) is 5.75 Å². The average molecular weight is 303 g/mol. The van der Waals surface area contributed by atoms with Gasteiger partial charge in [0.05, 0.1) is 21.3 Å². The first-order valence-electron chi connectivity index (χ1n) is 6.95. The van der Waals surface area contributed by atoms with Crippen LogP contribution in [0.15, 0.2) is 36.4 Å². The van der Waals surface area contributed by atoms with E-state index in [4.69, 9.17) is 14.2 Å². The number of rotatable bonds is 7. The maximum Gasteiger partial charge on any atom is 0.200 e. The maximum absolute atomic E-state index is 9.88. The van der Waals surface area contributed by atoms with E-state index in [0.717, 1.165) is 17.9 Å². The van der Waals surface area contributed by atoms with E-state index in [9.17, 15) is 5.11 Å². The number of benzene rings is 2. The molecule has 2 aromatic rings. The number of aromatic hydroxyl groups is 1. The highest BCUT2D eigenvalue weighted by Crippen LogP contribution is 2.37. The summed E-state index contributed by atoms with van der Waals surface area (Å²) in [5.74, 6) is 1.67. The zero-order valence-corrected chi connectivity index (χ0v) is 13.1. The van der Waals surface area contributed by atoms with Crippen LogP contribution >= 0.6 is 0 Å². The van der Waals surface area contributed by atoms with E-state index in [1.165, 1.54) is 19.8 Å². The van der Waals surface area contributed by atoms with Crippen LogP contribution in [0.2, 0.25) is 0 Å². The van der Waals surface area contributed by atoms with Gasteiger partial charge < -0.3 is 24.6 Å². The monoisotopic (exact) mass is 303 g/mol. The molecule has 0 saturated carbocycles. The van der Waals surface area contributed by atoms with Gasteiger partial charge in [0.15, 0.2) is 11.5 Å². The van der Waals surface area contributed by atoms with Crippen molar-refractivity contribution in [2.75, 3.05) is 21.3 Å². The van der Waals surface area contributed by atoms with Crippen molar-refractivity contribution in [1.82, 2.24) is 5.32 Å². The number of nitrogens with one attached hydrogen (secondary N) is 1. The first kappa shape index (κ1) is 16.0. The molecule has 2 aromatic carbocycles. The quantitative estimate of drug-likeness (QED) is 0.823. The van der Waals surface area contributed by atoms with Crippen molar-refractivity contribution in [3.8, 4) is 23.0 Å². The molecule has 0 aliphatic rings. The van der Waals surface area contributed by atoms with Gasteiger partial charge in [-0.2, -0.15) is 0 Å². The third-order valence-corrected chi connectivity index (χ3v) is 3.36. The highest BCUT2D eigenvalue weighted by atomic mass is 16.5. The maximum atomic E-state index is 9.88. The van der Waals surface area contributed by atoms with Crippen LogP contribution in [-0.4, -0.2) is 26.4 Å². The van der Waals surface area contributed by atoms with Gasteiger partial charge in [-0.25, -0.2) is 0 Å². The molecule has 118 valence electrons. The normalized spacial score (nSPS) is 10.3. The molecule has 0 saturated heterocycles. The van der Waals surface area contributed by atoms with Crippen molar-refractivity contribution in [3.05, 3.63) is 47.5 Å². The second-order valence-corrected chi connectivity index (χ2v) is 4.80. The fraction of sp³-hybridized carbons (Fsp3) is 0.294. The van der Waals surface area contributed by atoms with Gasteiger partial charge in [0.2, 0.25) is 5.75 Å². The second kappa shape index (κ2) is 7.56. The summed E-state index contributed by atoms with van der Waals surface area (Å²) in [6, 6.07) is 11.5. The Kier molecular flexibility index (Phi) is 5.49. The summed E-state index contributed by atoms with van der Waals surface area (Å²) in [7, 11) is 4.69. The molecule has 2 rings (SSSR count). The Bertz CT molecular complexity index is 586. The number of hydrogen-bond donors (Lipinski definition) is 2. The molecule has 0 unspecified atom stereocenters. The number of ether oxygens (including phenoxy) is 3. The highest BCUT2D eigenvalue weighted by Gasteiger charge is 2.10. The third-order valence-electron chi connectivity index (χ3n) is 3.36. The molecule has 22 heavy (non-hydrogen) atoms. The van der Waals surface area contributed by atoms with Crippen LogP contribution < -0.4 is 19.5 Å². The lowest BCUT2D eigenvalue weighted by atomic mass is 10.1. The first-order valence-corrected chi connectivity index (χ1v) is 6.95. The number of phenolic OH excluding ortho intramolecular Hbond substituents is 1. The minimum atomic E-state index is 0.0175. The molecule has 2 N–H and O–H groups in total. The van der Waals surface area contributed by atoms with Crippen LogP contribution in [0.1, 0.15) is 11.1 Å². The third kappa shape index (κ3) is 3.83. The Morgan fingerprint density at radius 2 is 1.36 bits per heavy atom. The van der Waals surface area contributed by atoms with E-state index in [1.54, 1.807) is 19.2 Å². The summed E-state index contributed by atoms with van der Waals surface area (Å²) in [6.07, 6.45) is 0. The summed E-state index contributed by atoms with van der Waals surface area (Å²) in [6.45, 7) is 1.37. The molecule has 0 radical (unpaired) electrons. The van der Waals surface area contributed by atoms with Gasteiger partial charge in [0.25, 0.3) is 0 Å². The van der Waals surface area contributed by atoms with Crippen LogP contribution in [0.25, 0.3) is 0 Å². The van der Waals surface area contributed by atoms with Gasteiger partial charge in [0, 0.05) is 13.1 Å². The van der Waals surface area contributed by atoms with Gasteiger partial charge >= 0.3 is 0 Å². The average Bonchev–Trinajstić information content (AvgIpc) is 2.56. The molecule has 0 atom stereocenters. The Labute approximate surface area is 130 Å². The lowest BCUT2D eigenvalue weighted by Crippen LogP contribution is -2.12. The van der Waals surface area contributed by atoms with Crippen molar-refractivity contribution in [1.29, 1.82) is 0 Å². The van der Waals surface area contributed by atoms with E-state index in [2.05, 4.69) is 5.32 Å². The lowest BCUT2D eigenvalue weighted by molar-refractivity contribution is 0.339. The van der Waals surface area contributed by atoms with E-state index >= 15 is 0 Å². The van der Waals surface area contributed by atoms with Gasteiger partial charge in [-0.1, -0.05) is 12.1 Å². The summed E-state index contributed by atoms with van der Waals surface area (Å²) < 4.78 is 15.4. The van der Waals surface area contributed by atoms with Gasteiger partial charge in [0.1, 0.15) is 5.75 Å². The molecule has 0 aromatic heterocycles. The molecular weight excluding hydrogens is 282 g/mol. The van der Waals surface area contributed by atoms with Gasteiger partial charge in [-0.15, -0.1) is 0 Å². The van der Waals surface area contributed by atoms with Crippen LogP contribution in [-0.2, 0) is 13.1 Å².